The van der Waals surface area contributed by atoms with E-state index in [1.54, 1.807) is 6.07 Å². The molecule has 0 saturated carbocycles. The summed E-state index contributed by atoms with van der Waals surface area (Å²) in [7, 11) is 0. The van der Waals surface area contributed by atoms with Crippen molar-refractivity contribution in [3.63, 3.8) is 0 Å². The summed E-state index contributed by atoms with van der Waals surface area (Å²) < 4.78 is 39.6. The van der Waals surface area contributed by atoms with Gasteiger partial charge in [0.15, 0.2) is 5.78 Å². The number of Topliss-reactive ketones (excluding diaryl/α,β-unsaturated/α-hetero) is 1. The van der Waals surface area contributed by atoms with Crippen LogP contribution in [-0.4, -0.2) is 37.2 Å². The van der Waals surface area contributed by atoms with Gasteiger partial charge in [0.1, 0.15) is 17.7 Å². The highest BCUT2D eigenvalue weighted by Gasteiger charge is 2.30. The van der Waals surface area contributed by atoms with Crippen molar-refractivity contribution in [2.75, 3.05) is 0 Å². The van der Waals surface area contributed by atoms with Crippen molar-refractivity contribution >= 4 is 23.4 Å². The normalized spacial score (nSPS) is 14.7. The van der Waals surface area contributed by atoms with Crippen LogP contribution in [0.4, 0.5) is 13.2 Å². The number of nitrogens with one attached hydrogen (secondary N) is 2. The molecule has 39 heavy (non-hydrogen) atoms. The number of aromatic nitrogens is 4. The van der Waals surface area contributed by atoms with Crippen molar-refractivity contribution in [1.29, 1.82) is 0 Å². The zero-order valence-corrected chi connectivity index (χ0v) is 21.0. The molecule has 5 rings (SSSR count). The van der Waals surface area contributed by atoms with Crippen molar-refractivity contribution < 1.29 is 27.6 Å². The van der Waals surface area contributed by atoms with Crippen molar-refractivity contribution in [2.24, 2.45) is 0 Å². The van der Waals surface area contributed by atoms with Crippen LogP contribution in [0.3, 0.4) is 0 Å². The first kappa shape index (κ1) is 26.0. The van der Waals surface area contributed by atoms with Gasteiger partial charge in [0.2, 0.25) is 0 Å². The topological polar surface area (TPSA) is 118 Å². The smallest absolute Gasteiger partial charge is 0.347 e. The summed E-state index contributed by atoms with van der Waals surface area (Å²) in [4.78, 5) is 46.3. The highest BCUT2D eigenvalue weighted by atomic mass is 19.4. The Kier molecular flexibility index (Phi) is 6.62. The average molecular weight is 537 g/mol. The molecule has 0 fully saturated rings. The van der Waals surface area contributed by atoms with Crippen LogP contribution in [0.5, 0.6) is 0 Å². The number of hydrogen-bond acceptors (Lipinski definition) is 6. The molecule has 0 saturated heterocycles. The highest BCUT2D eigenvalue weighted by molar-refractivity contribution is 5.98. The van der Waals surface area contributed by atoms with Crippen LogP contribution < -0.4 is 10.6 Å². The van der Waals surface area contributed by atoms with Crippen LogP contribution in [0, 0.1) is 6.92 Å². The van der Waals surface area contributed by atoms with Gasteiger partial charge in [0.25, 0.3) is 17.6 Å². The number of fused-ring (bicyclic) bond motifs is 2. The van der Waals surface area contributed by atoms with E-state index in [9.17, 15) is 27.6 Å². The van der Waals surface area contributed by atoms with E-state index in [0.29, 0.717) is 24.0 Å². The molecule has 0 spiro atoms. The molecule has 1 aliphatic carbocycles. The summed E-state index contributed by atoms with van der Waals surface area (Å²) in [5.74, 6) is -1.10. The molecule has 2 heterocycles. The number of ketones is 1. The van der Waals surface area contributed by atoms with Crippen molar-refractivity contribution in [3.8, 4) is 0 Å². The molecule has 4 aromatic rings. The van der Waals surface area contributed by atoms with Gasteiger partial charge in [-0.3, -0.25) is 14.4 Å². The van der Waals surface area contributed by atoms with Gasteiger partial charge in [0.05, 0.1) is 11.6 Å². The molecule has 2 aromatic carbocycles. The molecule has 0 radical (unpaired) electrons. The molecule has 2 aromatic heterocycles. The quantitative estimate of drug-likeness (QED) is 0.360. The van der Waals surface area contributed by atoms with Crippen molar-refractivity contribution in [2.45, 2.75) is 45.5 Å². The molecular weight excluding hydrogens is 513 g/mol. The summed E-state index contributed by atoms with van der Waals surface area (Å²) in [5.41, 5.74) is 3.16. The number of amides is 2. The number of rotatable bonds is 6. The van der Waals surface area contributed by atoms with Gasteiger partial charge in [-0.1, -0.05) is 24.3 Å². The van der Waals surface area contributed by atoms with E-state index in [2.05, 4.69) is 25.7 Å². The lowest BCUT2D eigenvalue weighted by molar-refractivity contribution is -0.137. The Morgan fingerprint density at radius 2 is 1.82 bits per heavy atom. The number of carbonyl (C=O) groups excluding carboxylic acids is 3. The van der Waals surface area contributed by atoms with E-state index in [1.807, 2.05) is 13.0 Å². The molecule has 2 N–H and O–H groups in total. The van der Waals surface area contributed by atoms with E-state index in [4.69, 9.17) is 0 Å². The third kappa shape index (κ3) is 5.09. The van der Waals surface area contributed by atoms with Crippen LogP contribution in [0.1, 0.15) is 78.5 Å². The Hall–Kier alpha value is -4.61. The Bertz CT molecular complexity index is 1610. The lowest BCUT2D eigenvalue weighted by Gasteiger charge is -2.16. The molecule has 200 valence electrons. The molecule has 9 nitrogen and oxygen atoms in total. The average Bonchev–Trinajstić information content (AvgIpc) is 3.54. The fourth-order valence-electron chi connectivity index (χ4n) is 4.82. The van der Waals surface area contributed by atoms with Crippen LogP contribution in [0.25, 0.3) is 5.78 Å². The maximum atomic E-state index is 13.3. The van der Waals surface area contributed by atoms with Gasteiger partial charge in [-0.25, -0.2) is 4.98 Å². The fraction of sp³-hybridized carbons (Fsp3) is 0.259. The van der Waals surface area contributed by atoms with Gasteiger partial charge in [-0.05, 0) is 61.1 Å². The lowest BCUT2D eigenvalue weighted by atomic mass is 9.96. The maximum absolute atomic E-state index is 13.3. The monoisotopic (exact) mass is 536 g/mol. The largest absolute Gasteiger partial charge is 0.416 e. The first-order chi connectivity index (χ1) is 18.5. The predicted molar refractivity (Wildman–Crippen MR) is 133 cm³/mol. The Labute approximate surface area is 220 Å². The van der Waals surface area contributed by atoms with Crippen LogP contribution in [0.15, 0.2) is 48.8 Å². The van der Waals surface area contributed by atoms with Crippen LogP contribution in [0.2, 0.25) is 0 Å². The molecule has 0 aliphatic heterocycles. The minimum atomic E-state index is -4.45. The van der Waals surface area contributed by atoms with Crippen LogP contribution in [-0.2, 0) is 19.1 Å². The second-order valence-corrected chi connectivity index (χ2v) is 9.30. The standard InChI is InChI=1S/C27H23F3N6O3/c1-14-18(15(2)37)7-8-20-19(14)9-10-21(20)34-25(39)23-11-22(35-26-32-13-33-36(23)26)24(38)31-12-16-3-5-17(6-4-16)27(28,29)30/h3-8,11,13,21H,9-10,12H2,1-2H3,(H,31,38)(H,34,39)/t21-/m0/s1. The van der Waals surface area contributed by atoms with Crippen molar-refractivity contribution in [3.05, 3.63) is 93.6 Å². The maximum Gasteiger partial charge on any atom is 0.416 e. The number of hydrogen-bond donors (Lipinski definition) is 2. The zero-order chi connectivity index (χ0) is 27.9. The molecule has 0 bridgehead atoms. The molecule has 12 heteroatoms. The Morgan fingerprint density at radius 1 is 1.08 bits per heavy atom. The van der Waals surface area contributed by atoms with E-state index < -0.39 is 23.6 Å². The first-order valence-electron chi connectivity index (χ1n) is 12.1. The minimum Gasteiger partial charge on any atom is -0.347 e. The number of alkyl halides is 3. The summed E-state index contributed by atoms with van der Waals surface area (Å²) in [6.07, 6.45) is -1.89. The molecule has 1 atom stereocenters. The second kappa shape index (κ2) is 9.93. The predicted octanol–water partition coefficient (Wildman–Crippen LogP) is 4.00. The number of nitrogens with zero attached hydrogens (tertiary/aromatic N) is 4. The third-order valence-electron chi connectivity index (χ3n) is 6.83. The molecular formula is C27H23F3N6O3. The molecule has 0 unspecified atom stereocenters. The van der Waals surface area contributed by atoms with Gasteiger partial charge in [0, 0.05) is 18.2 Å². The second-order valence-electron chi connectivity index (χ2n) is 9.30. The lowest BCUT2D eigenvalue weighted by Crippen LogP contribution is -2.30. The molecule has 1 aliphatic rings. The summed E-state index contributed by atoms with van der Waals surface area (Å²) >= 11 is 0. The Balaban J connectivity index is 1.34. The minimum absolute atomic E-state index is 0.0164. The number of carbonyl (C=O) groups is 3. The van der Waals surface area contributed by atoms with E-state index in [0.717, 1.165) is 28.8 Å². The van der Waals surface area contributed by atoms with Crippen LogP contribution >= 0.6 is 0 Å². The number of halogens is 3. The van der Waals surface area contributed by atoms with Gasteiger partial charge in [-0.15, -0.1) is 0 Å². The fourth-order valence-corrected chi connectivity index (χ4v) is 4.82. The number of benzene rings is 2. The third-order valence-corrected chi connectivity index (χ3v) is 6.83. The Morgan fingerprint density at radius 3 is 2.51 bits per heavy atom. The summed E-state index contributed by atoms with van der Waals surface area (Å²) in [5, 5.41) is 9.64. The van der Waals surface area contributed by atoms with E-state index >= 15 is 0 Å². The van der Waals surface area contributed by atoms with E-state index in [-0.39, 0.29) is 35.5 Å². The summed E-state index contributed by atoms with van der Waals surface area (Å²) in [6, 6.07) is 9.05. The zero-order valence-electron chi connectivity index (χ0n) is 21.0. The van der Waals surface area contributed by atoms with E-state index in [1.165, 1.54) is 36.0 Å². The van der Waals surface area contributed by atoms with Crippen molar-refractivity contribution in [1.82, 2.24) is 30.2 Å². The van der Waals surface area contributed by atoms with Gasteiger partial charge < -0.3 is 10.6 Å². The summed E-state index contributed by atoms with van der Waals surface area (Å²) in [6.45, 7) is 3.38. The molecule has 2 amide bonds. The highest BCUT2D eigenvalue weighted by Crippen LogP contribution is 2.35. The SMILES string of the molecule is CC(=O)c1ccc2c(c1C)CC[C@@H]2NC(=O)c1cc(C(=O)NCc2ccc(C(F)(F)F)cc2)nc2ncnn12. The van der Waals surface area contributed by atoms with Gasteiger partial charge in [-0.2, -0.15) is 27.8 Å². The van der Waals surface area contributed by atoms with Gasteiger partial charge >= 0.3 is 6.18 Å². The first-order valence-corrected chi connectivity index (χ1v) is 12.1.